The van der Waals surface area contributed by atoms with E-state index in [1.165, 1.54) is 12.1 Å². The number of nitro benzene ring substituents is 1. The first kappa shape index (κ1) is 13.7. The second kappa shape index (κ2) is 6.01. The van der Waals surface area contributed by atoms with Crippen molar-refractivity contribution in [3.63, 3.8) is 0 Å². The monoisotopic (exact) mass is 292 g/mol. The molecule has 0 aliphatic rings. The number of fused-ring (bicyclic) bond motifs is 1. The molecule has 3 rings (SSSR count). The molecule has 0 aliphatic carbocycles. The molecule has 1 aromatic heterocycles. The van der Waals surface area contributed by atoms with Gasteiger partial charge < -0.3 is 0 Å². The summed E-state index contributed by atoms with van der Waals surface area (Å²) in [6.45, 7) is 0. The van der Waals surface area contributed by atoms with Gasteiger partial charge in [-0.25, -0.2) is 0 Å². The van der Waals surface area contributed by atoms with E-state index in [-0.39, 0.29) is 5.69 Å². The van der Waals surface area contributed by atoms with Crippen LogP contribution in [-0.4, -0.2) is 16.1 Å². The molecule has 0 saturated carbocycles. The molecule has 0 fully saturated rings. The molecule has 6 nitrogen and oxygen atoms in total. The number of hydrazone groups is 1. The highest BCUT2D eigenvalue weighted by Crippen LogP contribution is 2.15. The van der Waals surface area contributed by atoms with E-state index in [4.69, 9.17) is 0 Å². The predicted molar refractivity (Wildman–Crippen MR) is 86.1 cm³/mol. The molecule has 0 spiro atoms. The van der Waals surface area contributed by atoms with Crippen LogP contribution in [0.4, 0.5) is 11.4 Å². The Hall–Kier alpha value is -3.28. The van der Waals surface area contributed by atoms with Crippen molar-refractivity contribution in [2.24, 2.45) is 5.10 Å². The third kappa shape index (κ3) is 3.06. The van der Waals surface area contributed by atoms with Gasteiger partial charge in [-0.3, -0.25) is 20.5 Å². The largest absolute Gasteiger partial charge is 0.278 e. The van der Waals surface area contributed by atoms with Crippen LogP contribution in [0.5, 0.6) is 0 Å². The molecule has 0 aliphatic heterocycles. The fraction of sp³-hybridized carbons (Fsp3) is 0. The van der Waals surface area contributed by atoms with Crippen molar-refractivity contribution in [1.82, 2.24) is 4.98 Å². The molecule has 108 valence electrons. The zero-order valence-electron chi connectivity index (χ0n) is 11.5. The van der Waals surface area contributed by atoms with Gasteiger partial charge in [0, 0.05) is 23.7 Å². The Morgan fingerprint density at radius 3 is 2.73 bits per heavy atom. The minimum atomic E-state index is -0.434. The molecule has 3 aromatic rings. The fourth-order valence-electron chi connectivity index (χ4n) is 2.01. The lowest BCUT2D eigenvalue weighted by Gasteiger charge is -2.00. The lowest BCUT2D eigenvalue weighted by Crippen LogP contribution is -1.92. The summed E-state index contributed by atoms with van der Waals surface area (Å²) in [5.74, 6) is 0. The first-order chi connectivity index (χ1) is 10.7. The molecule has 1 N–H and O–H groups in total. The molecular weight excluding hydrogens is 280 g/mol. The van der Waals surface area contributed by atoms with E-state index >= 15 is 0 Å². The summed E-state index contributed by atoms with van der Waals surface area (Å²) in [5, 5.41) is 15.7. The molecule has 2 aromatic carbocycles. The number of anilines is 1. The van der Waals surface area contributed by atoms with Crippen LogP contribution in [0.2, 0.25) is 0 Å². The number of benzene rings is 2. The van der Waals surface area contributed by atoms with E-state index in [2.05, 4.69) is 15.5 Å². The Bertz CT molecular complexity index is 844. The van der Waals surface area contributed by atoms with Gasteiger partial charge in [0.25, 0.3) is 5.69 Å². The van der Waals surface area contributed by atoms with Gasteiger partial charge in [0.05, 0.1) is 22.3 Å². The van der Waals surface area contributed by atoms with Crippen molar-refractivity contribution in [3.05, 3.63) is 76.5 Å². The molecule has 0 amide bonds. The average Bonchev–Trinajstić information content (AvgIpc) is 2.55. The van der Waals surface area contributed by atoms with Gasteiger partial charge >= 0.3 is 0 Å². The molecular formula is C16H12N4O2. The van der Waals surface area contributed by atoms with E-state index in [0.717, 1.165) is 16.5 Å². The number of pyridine rings is 1. The van der Waals surface area contributed by atoms with Crippen LogP contribution < -0.4 is 5.43 Å². The maximum Gasteiger partial charge on any atom is 0.269 e. The van der Waals surface area contributed by atoms with Gasteiger partial charge in [-0.1, -0.05) is 12.1 Å². The minimum absolute atomic E-state index is 0.0524. The molecule has 1 heterocycles. The SMILES string of the molecule is O=[N+]([O-])c1ccc(N/N=C/c2ccc3ncccc3c2)cc1. The number of aromatic nitrogens is 1. The van der Waals surface area contributed by atoms with Gasteiger partial charge in [0.1, 0.15) is 0 Å². The van der Waals surface area contributed by atoms with Crippen LogP contribution in [0.1, 0.15) is 5.56 Å². The maximum absolute atomic E-state index is 10.6. The quantitative estimate of drug-likeness (QED) is 0.452. The van der Waals surface area contributed by atoms with E-state index in [1.807, 2.05) is 30.3 Å². The molecule has 0 unspecified atom stereocenters. The lowest BCUT2D eigenvalue weighted by molar-refractivity contribution is -0.384. The Labute approximate surface area is 126 Å². The summed E-state index contributed by atoms with van der Waals surface area (Å²) >= 11 is 0. The van der Waals surface area contributed by atoms with Crippen LogP contribution in [0.15, 0.2) is 65.9 Å². The van der Waals surface area contributed by atoms with Gasteiger partial charge in [-0.05, 0) is 35.9 Å². The van der Waals surface area contributed by atoms with Gasteiger partial charge in [-0.2, -0.15) is 5.10 Å². The van der Waals surface area contributed by atoms with Crippen molar-refractivity contribution >= 4 is 28.5 Å². The number of hydrogen-bond acceptors (Lipinski definition) is 5. The van der Waals surface area contributed by atoms with Crippen molar-refractivity contribution < 1.29 is 4.92 Å². The number of nitro groups is 1. The zero-order valence-corrected chi connectivity index (χ0v) is 11.5. The average molecular weight is 292 g/mol. The van der Waals surface area contributed by atoms with Crippen LogP contribution in [-0.2, 0) is 0 Å². The first-order valence-electron chi connectivity index (χ1n) is 6.61. The molecule has 0 atom stereocenters. The summed E-state index contributed by atoms with van der Waals surface area (Å²) in [6.07, 6.45) is 3.44. The molecule has 0 bridgehead atoms. The maximum atomic E-state index is 10.6. The lowest BCUT2D eigenvalue weighted by atomic mass is 10.1. The van der Waals surface area contributed by atoms with Crippen LogP contribution in [0, 0.1) is 10.1 Å². The Kier molecular flexibility index (Phi) is 3.74. The fourth-order valence-corrected chi connectivity index (χ4v) is 2.01. The standard InChI is InChI=1S/C16H12N4O2/c21-20(22)15-6-4-14(5-7-15)19-18-11-12-3-8-16-13(10-12)2-1-9-17-16/h1-11,19H/b18-11+. The summed E-state index contributed by atoms with van der Waals surface area (Å²) in [5.41, 5.74) is 5.45. The van der Waals surface area contributed by atoms with Crippen molar-refractivity contribution in [3.8, 4) is 0 Å². The van der Waals surface area contributed by atoms with Crippen LogP contribution >= 0.6 is 0 Å². The Balaban J connectivity index is 1.71. The Morgan fingerprint density at radius 1 is 1.14 bits per heavy atom. The van der Waals surface area contributed by atoms with Gasteiger partial charge in [0.15, 0.2) is 0 Å². The smallest absolute Gasteiger partial charge is 0.269 e. The van der Waals surface area contributed by atoms with E-state index in [1.54, 1.807) is 24.5 Å². The Morgan fingerprint density at radius 2 is 1.95 bits per heavy atom. The first-order valence-corrected chi connectivity index (χ1v) is 6.61. The highest BCUT2D eigenvalue weighted by atomic mass is 16.6. The molecule has 0 saturated heterocycles. The zero-order chi connectivity index (χ0) is 15.4. The van der Waals surface area contributed by atoms with Crippen LogP contribution in [0.25, 0.3) is 10.9 Å². The second-order valence-electron chi connectivity index (χ2n) is 4.63. The van der Waals surface area contributed by atoms with E-state index in [9.17, 15) is 10.1 Å². The van der Waals surface area contributed by atoms with E-state index in [0.29, 0.717) is 5.69 Å². The number of rotatable bonds is 4. The molecule has 22 heavy (non-hydrogen) atoms. The third-order valence-electron chi connectivity index (χ3n) is 3.11. The predicted octanol–water partition coefficient (Wildman–Crippen LogP) is 3.59. The number of non-ortho nitro benzene ring substituents is 1. The summed E-state index contributed by atoms with van der Waals surface area (Å²) in [7, 11) is 0. The normalized spacial score (nSPS) is 10.9. The highest BCUT2D eigenvalue weighted by molar-refractivity contribution is 5.88. The van der Waals surface area contributed by atoms with Gasteiger partial charge in [0.2, 0.25) is 0 Å². The topological polar surface area (TPSA) is 80.4 Å². The van der Waals surface area contributed by atoms with Crippen molar-refractivity contribution in [2.75, 3.05) is 5.43 Å². The van der Waals surface area contributed by atoms with Gasteiger partial charge in [-0.15, -0.1) is 0 Å². The molecule has 0 radical (unpaired) electrons. The van der Waals surface area contributed by atoms with E-state index < -0.39 is 4.92 Å². The van der Waals surface area contributed by atoms with Crippen molar-refractivity contribution in [2.45, 2.75) is 0 Å². The number of nitrogens with one attached hydrogen (secondary N) is 1. The summed E-state index contributed by atoms with van der Waals surface area (Å²) in [4.78, 5) is 14.4. The molecule has 6 heteroatoms. The number of hydrogen-bond donors (Lipinski definition) is 1. The second-order valence-corrected chi connectivity index (χ2v) is 4.63. The highest BCUT2D eigenvalue weighted by Gasteiger charge is 2.02. The summed E-state index contributed by atoms with van der Waals surface area (Å²) in [6, 6.07) is 15.8. The van der Waals surface area contributed by atoms with Crippen molar-refractivity contribution in [1.29, 1.82) is 0 Å². The summed E-state index contributed by atoms with van der Waals surface area (Å²) < 4.78 is 0. The van der Waals surface area contributed by atoms with Crippen LogP contribution in [0.3, 0.4) is 0 Å². The number of nitrogens with zero attached hydrogens (tertiary/aromatic N) is 3. The minimum Gasteiger partial charge on any atom is -0.278 e. The third-order valence-corrected chi connectivity index (χ3v) is 3.11.